The molecule has 1 fully saturated rings. The summed E-state index contributed by atoms with van der Waals surface area (Å²) in [6.45, 7) is 1.04. The third-order valence-corrected chi connectivity index (χ3v) is 3.64. The maximum Gasteiger partial charge on any atom is 0.303 e. The third-order valence-electron chi connectivity index (χ3n) is 3.64. The van der Waals surface area contributed by atoms with Crippen molar-refractivity contribution in [1.82, 2.24) is 4.90 Å². The number of aliphatic carboxylic acids is 1. The van der Waals surface area contributed by atoms with Gasteiger partial charge in [-0.2, -0.15) is 0 Å². The van der Waals surface area contributed by atoms with Crippen LogP contribution in [0, 0.1) is 5.92 Å². The first-order valence-corrected chi connectivity index (χ1v) is 6.86. The minimum absolute atomic E-state index is 0.0671. The van der Waals surface area contributed by atoms with Crippen LogP contribution in [0.4, 0.5) is 0 Å². The highest BCUT2D eigenvalue weighted by atomic mass is 16.4. The zero-order chi connectivity index (χ0) is 14.5. The molecule has 1 atom stereocenters. The van der Waals surface area contributed by atoms with Gasteiger partial charge >= 0.3 is 5.97 Å². The van der Waals surface area contributed by atoms with Crippen LogP contribution in [0.25, 0.3) is 0 Å². The number of carbonyl (C=O) groups is 2. The molecule has 0 bridgehead atoms. The molecule has 1 heterocycles. The lowest BCUT2D eigenvalue weighted by atomic mass is 9.94. The fraction of sp³-hybridized carbons (Fsp3) is 0.467. The summed E-state index contributed by atoms with van der Waals surface area (Å²) in [5.74, 6) is -0.796. The van der Waals surface area contributed by atoms with Gasteiger partial charge in [-0.25, -0.2) is 0 Å². The molecule has 108 valence electrons. The Morgan fingerprint density at radius 3 is 2.55 bits per heavy atom. The van der Waals surface area contributed by atoms with E-state index < -0.39 is 12.0 Å². The molecule has 3 N–H and O–H groups in total. The minimum atomic E-state index is -0.810. The molecule has 1 aliphatic rings. The van der Waals surface area contributed by atoms with Crippen molar-refractivity contribution >= 4 is 11.9 Å². The van der Waals surface area contributed by atoms with E-state index in [-0.39, 0.29) is 18.2 Å². The van der Waals surface area contributed by atoms with E-state index in [1.807, 2.05) is 30.3 Å². The van der Waals surface area contributed by atoms with Gasteiger partial charge in [-0.1, -0.05) is 30.3 Å². The van der Waals surface area contributed by atoms with Gasteiger partial charge < -0.3 is 15.7 Å². The maximum atomic E-state index is 12.0. The zero-order valence-electron chi connectivity index (χ0n) is 11.4. The molecular formula is C15H20N2O3. The van der Waals surface area contributed by atoms with Gasteiger partial charge in [-0.05, 0) is 18.4 Å². The number of amides is 1. The van der Waals surface area contributed by atoms with E-state index in [4.69, 9.17) is 10.8 Å². The highest BCUT2D eigenvalue weighted by Gasteiger charge is 2.33. The van der Waals surface area contributed by atoms with Gasteiger partial charge in [0, 0.05) is 19.0 Å². The largest absolute Gasteiger partial charge is 0.481 e. The molecule has 20 heavy (non-hydrogen) atoms. The van der Waals surface area contributed by atoms with Gasteiger partial charge in [0.25, 0.3) is 0 Å². The van der Waals surface area contributed by atoms with Gasteiger partial charge in [0.05, 0.1) is 12.5 Å². The molecule has 1 aromatic carbocycles. The Kier molecular flexibility index (Phi) is 4.74. The van der Waals surface area contributed by atoms with Crippen LogP contribution in [-0.2, 0) is 16.0 Å². The highest BCUT2D eigenvalue weighted by Crippen LogP contribution is 2.20. The van der Waals surface area contributed by atoms with Crippen LogP contribution >= 0.6 is 0 Å². The topological polar surface area (TPSA) is 83.6 Å². The Balaban J connectivity index is 1.72. The highest BCUT2D eigenvalue weighted by molar-refractivity contribution is 5.82. The van der Waals surface area contributed by atoms with Crippen LogP contribution in [0.2, 0.25) is 0 Å². The van der Waals surface area contributed by atoms with Gasteiger partial charge in [-0.15, -0.1) is 0 Å². The fourth-order valence-electron chi connectivity index (χ4n) is 2.45. The van der Waals surface area contributed by atoms with E-state index in [9.17, 15) is 9.59 Å². The van der Waals surface area contributed by atoms with Crippen molar-refractivity contribution in [2.24, 2.45) is 11.7 Å². The smallest absolute Gasteiger partial charge is 0.303 e. The molecule has 0 unspecified atom stereocenters. The maximum absolute atomic E-state index is 12.0. The van der Waals surface area contributed by atoms with Crippen molar-refractivity contribution in [1.29, 1.82) is 0 Å². The van der Waals surface area contributed by atoms with Crippen molar-refractivity contribution in [2.75, 3.05) is 13.1 Å². The summed E-state index contributed by atoms with van der Waals surface area (Å²) in [6.07, 6.45) is 1.52. The van der Waals surface area contributed by atoms with Gasteiger partial charge in [0.1, 0.15) is 0 Å². The number of likely N-dealkylation sites (tertiary alicyclic amines) is 1. The average molecular weight is 276 g/mol. The molecule has 0 saturated carbocycles. The number of carboxylic acids is 1. The van der Waals surface area contributed by atoms with E-state index in [1.165, 1.54) is 5.56 Å². The van der Waals surface area contributed by atoms with Crippen LogP contribution in [0.5, 0.6) is 0 Å². The second-order valence-electron chi connectivity index (χ2n) is 5.34. The van der Waals surface area contributed by atoms with E-state index in [2.05, 4.69) is 0 Å². The molecule has 0 spiro atoms. The molecular weight excluding hydrogens is 256 g/mol. The molecule has 5 nitrogen and oxygen atoms in total. The Morgan fingerprint density at radius 2 is 1.95 bits per heavy atom. The molecule has 0 aromatic heterocycles. The van der Waals surface area contributed by atoms with Crippen molar-refractivity contribution in [3.05, 3.63) is 35.9 Å². The second kappa shape index (κ2) is 6.52. The summed E-state index contributed by atoms with van der Waals surface area (Å²) < 4.78 is 0. The Bertz CT molecular complexity index is 469. The number of nitrogens with two attached hydrogens (primary N) is 1. The number of nitrogens with zero attached hydrogens (tertiary/aromatic N) is 1. The summed E-state index contributed by atoms with van der Waals surface area (Å²) in [5.41, 5.74) is 7.08. The molecule has 0 aliphatic carbocycles. The summed E-state index contributed by atoms with van der Waals surface area (Å²) in [7, 11) is 0. The van der Waals surface area contributed by atoms with Crippen LogP contribution in [0.15, 0.2) is 30.3 Å². The lowest BCUT2D eigenvalue weighted by Gasteiger charge is -2.39. The van der Waals surface area contributed by atoms with Crippen molar-refractivity contribution in [2.45, 2.75) is 25.3 Å². The van der Waals surface area contributed by atoms with Crippen molar-refractivity contribution < 1.29 is 14.7 Å². The Hall–Kier alpha value is -1.88. The van der Waals surface area contributed by atoms with Gasteiger partial charge in [0.15, 0.2) is 0 Å². The third kappa shape index (κ3) is 3.81. The van der Waals surface area contributed by atoms with E-state index in [1.54, 1.807) is 4.90 Å². The quantitative estimate of drug-likeness (QED) is 0.808. The second-order valence-corrected chi connectivity index (χ2v) is 5.34. The van der Waals surface area contributed by atoms with Gasteiger partial charge in [0.2, 0.25) is 5.91 Å². The van der Waals surface area contributed by atoms with Crippen molar-refractivity contribution in [3.8, 4) is 0 Å². The van der Waals surface area contributed by atoms with Crippen LogP contribution < -0.4 is 5.73 Å². The first kappa shape index (κ1) is 14.5. The first-order chi connectivity index (χ1) is 9.56. The molecule has 0 radical (unpaired) electrons. The van der Waals surface area contributed by atoms with Crippen LogP contribution in [-0.4, -0.2) is 41.0 Å². The molecule has 1 amide bonds. The Morgan fingerprint density at radius 1 is 1.30 bits per heavy atom. The van der Waals surface area contributed by atoms with Crippen LogP contribution in [0.3, 0.4) is 0 Å². The summed E-state index contributed by atoms with van der Waals surface area (Å²) >= 11 is 0. The predicted octanol–water partition coefficient (Wildman–Crippen LogP) is 0.880. The fourth-order valence-corrected chi connectivity index (χ4v) is 2.45. The van der Waals surface area contributed by atoms with E-state index >= 15 is 0 Å². The normalized spacial score (nSPS) is 16.6. The van der Waals surface area contributed by atoms with Crippen LogP contribution in [0.1, 0.15) is 18.4 Å². The lowest BCUT2D eigenvalue weighted by Crippen LogP contribution is -2.55. The molecule has 1 aromatic rings. The number of rotatable bonds is 6. The SMILES string of the molecule is N[C@@H](CCc1ccccc1)C(=O)N1CC(CC(=O)O)C1. The Labute approximate surface area is 118 Å². The van der Waals surface area contributed by atoms with E-state index in [0.29, 0.717) is 19.5 Å². The zero-order valence-corrected chi connectivity index (χ0v) is 11.4. The summed E-state index contributed by atoms with van der Waals surface area (Å²) in [6, 6.07) is 9.43. The van der Waals surface area contributed by atoms with Gasteiger partial charge in [-0.3, -0.25) is 9.59 Å². The lowest BCUT2D eigenvalue weighted by molar-refractivity contribution is -0.145. The average Bonchev–Trinajstić information content (AvgIpc) is 2.40. The molecule has 1 aliphatic heterocycles. The standard InChI is InChI=1S/C15H20N2O3/c16-13(7-6-11-4-2-1-3-5-11)15(20)17-9-12(10-17)8-14(18)19/h1-5,12-13H,6-10,16H2,(H,18,19)/t13-/m0/s1. The molecule has 5 heteroatoms. The predicted molar refractivity (Wildman–Crippen MR) is 75.1 cm³/mol. The summed E-state index contributed by atoms with van der Waals surface area (Å²) in [4.78, 5) is 24.2. The number of carbonyl (C=O) groups excluding carboxylic acids is 1. The van der Waals surface area contributed by atoms with E-state index in [0.717, 1.165) is 6.42 Å². The molecule has 1 saturated heterocycles. The monoisotopic (exact) mass is 276 g/mol. The number of benzene rings is 1. The number of hydrogen-bond acceptors (Lipinski definition) is 3. The number of aryl methyl sites for hydroxylation is 1. The number of carboxylic acid groups (broad SMARTS) is 1. The number of hydrogen-bond donors (Lipinski definition) is 2. The minimum Gasteiger partial charge on any atom is -0.481 e. The summed E-state index contributed by atoms with van der Waals surface area (Å²) in [5, 5.41) is 8.67. The molecule has 2 rings (SSSR count). The first-order valence-electron chi connectivity index (χ1n) is 6.86. The van der Waals surface area contributed by atoms with Crippen molar-refractivity contribution in [3.63, 3.8) is 0 Å².